The third-order valence-corrected chi connectivity index (χ3v) is 3.35. The average molecular weight is 264 g/mol. The number of carbonyl (C=O) groups is 2. The van der Waals surface area contributed by atoms with Crippen LogP contribution in [0.5, 0.6) is 5.75 Å². The molecule has 0 amide bonds. The van der Waals surface area contributed by atoms with Crippen molar-refractivity contribution >= 4 is 23.2 Å². The summed E-state index contributed by atoms with van der Waals surface area (Å²) in [4.78, 5) is 24.0. The fourth-order valence-electron chi connectivity index (χ4n) is 2.37. The van der Waals surface area contributed by atoms with Crippen LogP contribution in [0, 0.1) is 0 Å². The summed E-state index contributed by atoms with van der Waals surface area (Å²) in [6, 6.07) is 14.4. The van der Waals surface area contributed by atoms with Crippen molar-refractivity contribution < 1.29 is 14.3 Å². The number of allylic oxidation sites excluding steroid dienone is 1. The molecule has 0 saturated carbocycles. The molecule has 2 aromatic carbocycles. The third-order valence-electron chi connectivity index (χ3n) is 3.35. The van der Waals surface area contributed by atoms with Crippen molar-refractivity contribution in [1.29, 1.82) is 0 Å². The molecule has 98 valence electrons. The van der Waals surface area contributed by atoms with Crippen molar-refractivity contribution in [2.24, 2.45) is 0 Å². The normalized spacial score (nSPS) is 15.6. The Balaban J connectivity index is 2.17. The number of para-hydroxylation sites is 1. The fraction of sp³-hybridized carbons (Fsp3) is 0.0588. The van der Waals surface area contributed by atoms with E-state index in [1.807, 2.05) is 30.3 Å². The maximum atomic E-state index is 12.1. The number of methoxy groups -OCH3 is 1. The largest absolute Gasteiger partial charge is 0.496 e. The van der Waals surface area contributed by atoms with Crippen molar-refractivity contribution in [1.82, 2.24) is 0 Å². The fourth-order valence-corrected chi connectivity index (χ4v) is 2.37. The Morgan fingerprint density at radius 1 is 0.850 bits per heavy atom. The summed E-state index contributed by atoms with van der Waals surface area (Å²) in [6.45, 7) is 0. The highest BCUT2D eigenvalue weighted by Crippen LogP contribution is 2.32. The van der Waals surface area contributed by atoms with Gasteiger partial charge < -0.3 is 4.74 Å². The molecule has 3 heteroatoms. The van der Waals surface area contributed by atoms with Crippen molar-refractivity contribution in [2.75, 3.05) is 7.11 Å². The standard InChI is InChI=1S/C17H12O3/c1-20-15-9-5-2-6-11(15)10-14-12-7-3-4-8-13(12)16(18)17(14)19/h2-10H,1H3. The van der Waals surface area contributed by atoms with Gasteiger partial charge in [0.1, 0.15) is 5.75 Å². The molecule has 3 rings (SSSR count). The van der Waals surface area contributed by atoms with Gasteiger partial charge in [0.25, 0.3) is 0 Å². The Kier molecular flexibility index (Phi) is 2.95. The minimum absolute atomic E-state index is 0.426. The van der Waals surface area contributed by atoms with Crippen LogP contribution in [-0.4, -0.2) is 18.7 Å². The number of ether oxygens (including phenoxy) is 1. The number of hydrogen-bond acceptors (Lipinski definition) is 3. The highest BCUT2D eigenvalue weighted by molar-refractivity contribution is 6.64. The van der Waals surface area contributed by atoms with Crippen LogP contribution >= 0.6 is 0 Å². The van der Waals surface area contributed by atoms with Crippen LogP contribution in [0.3, 0.4) is 0 Å². The summed E-state index contributed by atoms with van der Waals surface area (Å²) in [6.07, 6.45) is 1.71. The molecule has 0 bridgehead atoms. The van der Waals surface area contributed by atoms with Gasteiger partial charge in [0.05, 0.1) is 7.11 Å². The predicted octanol–water partition coefficient (Wildman–Crippen LogP) is 3.00. The zero-order valence-electron chi connectivity index (χ0n) is 10.9. The van der Waals surface area contributed by atoms with Gasteiger partial charge in [-0.2, -0.15) is 0 Å². The van der Waals surface area contributed by atoms with Crippen molar-refractivity contribution in [3.63, 3.8) is 0 Å². The molecule has 0 radical (unpaired) electrons. The lowest BCUT2D eigenvalue weighted by Gasteiger charge is -2.05. The zero-order chi connectivity index (χ0) is 14.1. The van der Waals surface area contributed by atoms with Gasteiger partial charge in [0.15, 0.2) is 0 Å². The van der Waals surface area contributed by atoms with E-state index in [4.69, 9.17) is 4.74 Å². The number of rotatable bonds is 2. The van der Waals surface area contributed by atoms with Crippen LogP contribution in [0.2, 0.25) is 0 Å². The molecule has 3 nitrogen and oxygen atoms in total. The van der Waals surface area contributed by atoms with Gasteiger partial charge in [-0.1, -0.05) is 42.5 Å². The molecule has 1 aliphatic rings. The average Bonchev–Trinajstić information content (AvgIpc) is 2.73. The molecular formula is C17H12O3. The first kappa shape index (κ1) is 12.4. The Hall–Kier alpha value is -2.68. The number of ketones is 2. The molecule has 0 fully saturated rings. The number of benzene rings is 2. The monoisotopic (exact) mass is 264 g/mol. The lowest BCUT2D eigenvalue weighted by Crippen LogP contribution is -2.05. The number of hydrogen-bond donors (Lipinski definition) is 0. The Morgan fingerprint density at radius 3 is 2.25 bits per heavy atom. The summed E-state index contributed by atoms with van der Waals surface area (Å²) in [5, 5.41) is 0. The molecule has 0 saturated heterocycles. The van der Waals surface area contributed by atoms with Crippen molar-refractivity contribution in [3.05, 3.63) is 65.2 Å². The van der Waals surface area contributed by atoms with Crippen molar-refractivity contribution in [3.8, 4) is 5.75 Å². The SMILES string of the molecule is COc1ccccc1C=C1C(=O)C(=O)c2ccccc21. The van der Waals surface area contributed by atoms with Gasteiger partial charge >= 0.3 is 0 Å². The smallest absolute Gasteiger partial charge is 0.234 e. The molecule has 0 aliphatic heterocycles. The molecule has 1 aliphatic carbocycles. The Labute approximate surface area is 116 Å². The lowest BCUT2D eigenvalue weighted by molar-refractivity contribution is -0.109. The first-order valence-corrected chi connectivity index (χ1v) is 6.25. The van der Waals surface area contributed by atoms with Gasteiger partial charge in [-0.25, -0.2) is 0 Å². The van der Waals surface area contributed by atoms with Gasteiger partial charge in [0, 0.05) is 16.7 Å². The summed E-state index contributed by atoms with van der Waals surface area (Å²) < 4.78 is 5.26. The highest BCUT2D eigenvalue weighted by Gasteiger charge is 2.32. The summed E-state index contributed by atoms with van der Waals surface area (Å²) in [5.74, 6) is -0.233. The number of carbonyl (C=O) groups excluding carboxylic acids is 2. The molecule has 0 aromatic heterocycles. The van der Waals surface area contributed by atoms with E-state index in [1.165, 1.54) is 0 Å². The topological polar surface area (TPSA) is 43.4 Å². The molecule has 0 atom stereocenters. The molecule has 20 heavy (non-hydrogen) atoms. The lowest BCUT2D eigenvalue weighted by atomic mass is 10.0. The van der Waals surface area contributed by atoms with Gasteiger partial charge in [-0.05, 0) is 17.7 Å². The second-order valence-corrected chi connectivity index (χ2v) is 4.50. The maximum absolute atomic E-state index is 12.1. The van der Waals surface area contributed by atoms with E-state index in [2.05, 4.69) is 0 Å². The number of fused-ring (bicyclic) bond motifs is 1. The second kappa shape index (κ2) is 4.78. The minimum atomic E-state index is -0.461. The first-order valence-electron chi connectivity index (χ1n) is 6.25. The summed E-state index contributed by atoms with van der Waals surface area (Å²) in [7, 11) is 1.58. The van der Waals surface area contributed by atoms with Gasteiger partial charge in [0.2, 0.25) is 11.6 Å². The summed E-state index contributed by atoms with van der Waals surface area (Å²) in [5.41, 5.74) is 2.37. The van der Waals surface area contributed by atoms with E-state index in [0.717, 1.165) is 5.56 Å². The van der Waals surface area contributed by atoms with E-state index in [1.54, 1.807) is 31.4 Å². The molecular weight excluding hydrogens is 252 g/mol. The maximum Gasteiger partial charge on any atom is 0.234 e. The molecule has 0 heterocycles. The van der Waals surface area contributed by atoms with E-state index < -0.39 is 11.6 Å². The molecule has 0 N–H and O–H groups in total. The third kappa shape index (κ3) is 1.84. The Morgan fingerprint density at radius 2 is 1.50 bits per heavy atom. The van der Waals surface area contributed by atoms with E-state index >= 15 is 0 Å². The van der Waals surface area contributed by atoms with Crippen LogP contribution in [0.25, 0.3) is 11.6 Å². The van der Waals surface area contributed by atoms with Crippen LogP contribution in [-0.2, 0) is 4.79 Å². The van der Waals surface area contributed by atoms with E-state index in [0.29, 0.717) is 22.4 Å². The van der Waals surface area contributed by atoms with E-state index in [-0.39, 0.29) is 0 Å². The van der Waals surface area contributed by atoms with E-state index in [9.17, 15) is 9.59 Å². The van der Waals surface area contributed by atoms with Gasteiger partial charge in [-0.15, -0.1) is 0 Å². The van der Waals surface area contributed by atoms with Gasteiger partial charge in [-0.3, -0.25) is 9.59 Å². The molecule has 0 unspecified atom stereocenters. The number of Topliss-reactive ketones (excluding diaryl/α,β-unsaturated/α-hetero) is 2. The zero-order valence-corrected chi connectivity index (χ0v) is 10.9. The second-order valence-electron chi connectivity index (χ2n) is 4.50. The molecule has 2 aromatic rings. The first-order chi connectivity index (χ1) is 9.72. The predicted molar refractivity (Wildman–Crippen MR) is 76.6 cm³/mol. The van der Waals surface area contributed by atoms with Crippen LogP contribution in [0.1, 0.15) is 21.5 Å². The highest BCUT2D eigenvalue weighted by atomic mass is 16.5. The molecule has 0 spiro atoms. The summed E-state index contributed by atoms with van der Waals surface area (Å²) >= 11 is 0. The Bertz CT molecular complexity index is 741. The van der Waals surface area contributed by atoms with Crippen LogP contribution < -0.4 is 4.74 Å². The quantitative estimate of drug-likeness (QED) is 0.618. The van der Waals surface area contributed by atoms with Crippen molar-refractivity contribution in [2.45, 2.75) is 0 Å². The van der Waals surface area contributed by atoms with Crippen LogP contribution in [0.15, 0.2) is 48.5 Å². The van der Waals surface area contributed by atoms with Crippen LogP contribution in [0.4, 0.5) is 0 Å². The minimum Gasteiger partial charge on any atom is -0.496 e.